The number of hydrogen-bond donors (Lipinski definition) is 3. The van der Waals surface area contributed by atoms with Gasteiger partial charge in [-0.15, -0.1) is 24.8 Å². The van der Waals surface area contributed by atoms with E-state index in [4.69, 9.17) is 5.73 Å². The van der Waals surface area contributed by atoms with Crippen LogP contribution in [0.3, 0.4) is 0 Å². The molecule has 0 aliphatic carbocycles. The minimum Gasteiger partial charge on any atom is -0.369 e. The molecule has 1 aromatic carbocycles. The van der Waals surface area contributed by atoms with Gasteiger partial charge in [-0.1, -0.05) is 19.1 Å². The van der Waals surface area contributed by atoms with E-state index in [0.29, 0.717) is 18.3 Å². The molecule has 3 unspecified atom stereocenters. The van der Waals surface area contributed by atoms with E-state index < -0.39 is 0 Å². The van der Waals surface area contributed by atoms with Gasteiger partial charge in [0.05, 0.1) is 5.92 Å². The van der Waals surface area contributed by atoms with Gasteiger partial charge < -0.3 is 16.4 Å². The van der Waals surface area contributed by atoms with Gasteiger partial charge in [0.15, 0.2) is 0 Å². The van der Waals surface area contributed by atoms with E-state index in [1.807, 2.05) is 12.1 Å². The summed E-state index contributed by atoms with van der Waals surface area (Å²) < 4.78 is 0. The van der Waals surface area contributed by atoms with Gasteiger partial charge in [-0.05, 0) is 74.8 Å². The number of piperidine rings is 2. The van der Waals surface area contributed by atoms with Crippen LogP contribution in [0.5, 0.6) is 0 Å². The van der Waals surface area contributed by atoms with Gasteiger partial charge in [0, 0.05) is 25.2 Å². The molecule has 170 valence electrons. The molecule has 0 aromatic heterocycles. The summed E-state index contributed by atoms with van der Waals surface area (Å²) in [4.78, 5) is 26.1. The molecule has 30 heavy (non-hydrogen) atoms. The van der Waals surface area contributed by atoms with E-state index in [9.17, 15) is 9.59 Å². The molecule has 1 aromatic rings. The van der Waals surface area contributed by atoms with Gasteiger partial charge in [-0.25, -0.2) is 0 Å². The zero-order chi connectivity index (χ0) is 19.9. The molecule has 2 aliphatic heterocycles. The summed E-state index contributed by atoms with van der Waals surface area (Å²) >= 11 is 0. The lowest BCUT2D eigenvalue weighted by Gasteiger charge is -2.31. The molecular formula is C22H36Cl2N4O2. The van der Waals surface area contributed by atoms with Crippen molar-refractivity contribution in [3.63, 3.8) is 0 Å². The lowest BCUT2D eigenvalue weighted by molar-refractivity contribution is -0.123. The summed E-state index contributed by atoms with van der Waals surface area (Å²) in [5.74, 6) is 0.848. The normalized spacial score (nSPS) is 22.8. The minimum absolute atomic E-state index is 0. The van der Waals surface area contributed by atoms with Crippen molar-refractivity contribution >= 4 is 42.3 Å². The third kappa shape index (κ3) is 8.06. The minimum atomic E-state index is -0.194. The summed E-state index contributed by atoms with van der Waals surface area (Å²) in [7, 11) is 0. The first kappa shape index (κ1) is 26.7. The van der Waals surface area contributed by atoms with Crippen molar-refractivity contribution in [1.29, 1.82) is 0 Å². The van der Waals surface area contributed by atoms with Crippen molar-refractivity contribution in [2.75, 3.05) is 31.5 Å². The van der Waals surface area contributed by atoms with Crippen LogP contribution in [0.2, 0.25) is 0 Å². The van der Waals surface area contributed by atoms with Crippen LogP contribution in [-0.4, -0.2) is 42.9 Å². The quantitative estimate of drug-likeness (QED) is 0.585. The average Bonchev–Trinajstić information content (AvgIpc) is 2.70. The highest BCUT2D eigenvalue weighted by molar-refractivity contribution is 5.90. The number of nitrogens with zero attached hydrogens (tertiary/aromatic N) is 1. The van der Waals surface area contributed by atoms with Gasteiger partial charge in [0.25, 0.3) is 0 Å². The predicted octanol–water partition coefficient (Wildman–Crippen LogP) is 3.19. The maximum atomic E-state index is 12.4. The average molecular weight is 459 g/mol. The van der Waals surface area contributed by atoms with Crippen molar-refractivity contribution in [3.05, 3.63) is 29.8 Å². The summed E-state index contributed by atoms with van der Waals surface area (Å²) in [6, 6.07) is 8.04. The highest BCUT2D eigenvalue weighted by Gasteiger charge is 2.24. The molecular weight excluding hydrogens is 423 g/mol. The summed E-state index contributed by atoms with van der Waals surface area (Å²) in [5.41, 5.74) is 7.49. The molecule has 0 spiro atoms. The zero-order valence-corrected chi connectivity index (χ0v) is 19.4. The lowest BCUT2D eigenvalue weighted by atomic mass is 9.85. The molecule has 2 aliphatic rings. The number of halogens is 2. The number of amides is 2. The van der Waals surface area contributed by atoms with Crippen LogP contribution in [0.4, 0.5) is 5.69 Å². The summed E-state index contributed by atoms with van der Waals surface area (Å²) in [6.45, 7) is 6.85. The van der Waals surface area contributed by atoms with Gasteiger partial charge in [0.1, 0.15) is 0 Å². The number of nitrogens with one attached hydrogen (secondary N) is 2. The van der Waals surface area contributed by atoms with Crippen LogP contribution >= 0.6 is 24.8 Å². The topological polar surface area (TPSA) is 87.5 Å². The number of carbonyl (C=O) groups is 2. The molecule has 2 heterocycles. The SMILES string of the molecule is CC(CC(=O)Nc1ccc(CN2CCCC(C(N)=O)C2)cc1)C1CCCNC1.Cl.Cl. The van der Waals surface area contributed by atoms with E-state index >= 15 is 0 Å². The van der Waals surface area contributed by atoms with Gasteiger partial charge in [-0.3, -0.25) is 14.5 Å². The Morgan fingerprint density at radius 3 is 2.57 bits per heavy atom. The Labute approximate surface area is 192 Å². The van der Waals surface area contributed by atoms with E-state index in [0.717, 1.165) is 51.3 Å². The van der Waals surface area contributed by atoms with Crippen LogP contribution in [0.15, 0.2) is 24.3 Å². The van der Waals surface area contributed by atoms with E-state index in [-0.39, 0.29) is 42.5 Å². The molecule has 0 saturated carbocycles. The lowest BCUT2D eigenvalue weighted by Crippen LogP contribution is -2.40. The number of likely N-dealkylation sites (tertiary alicyclic amines) is 1. The molecule has 0 bridgehead atoms. The Morgan fingerprint density at radius 2 is 1.93 bits per heavy atom. The molecule has 2 amide bonds. The Bertz CT molecular complexity index is 666. The fraction of sp³-hybridized carbons (Fsp3) is 0.636. The number of nitrogens with two attached hydrogens (primary N) is 1. The second-order valence-corrected chi connectivity index (χ2v) is 8.51. The number of anilines is 1. The molecule has 4 N–H and O–H groups in total. The molecule has 8 heteroatoms. The Hall–Kier alpha value is -1.34. The monoisotopic (exact) mass is 458 g/mol. The van der Waals surface area contributed by atoms with Crippen LogP contribution in [0, 0.1) is 17.8 Å². The Balaban J connectivity index is 0.00000225. The zero-order valence-electron chi connectivity index (χ0n) is 17.8. The molecule has 6 nitrogen and oxygen atoms in total. The van der Waals surface area contributed by atoms with E-state index in [1.54, 1.807) is 0 Å². The maximum absolute atomic E-state index is 12.4. The molecule has 2 fully saturated rings. The number of benzene rings is 1. The fourth-order valence-electron chi connectivity index (χ4n) is 4.42. The van der Waals surface area contributed by atoms with E-state index in [1.165, 1.54) is 18.4 Å². The fourth-order valence-corrected chi connectivity index (χ4v) is 4.42. The van der Waals surface area contributed by atoms with Crippen LogP contribution in [0.1, 0.15) is 44.6 Å². The first-order valence-electron chi connectivity index (χ1n) is 10.6. The highest BCUT2D eigenvalue weighted by Crippen LogP contribution is 2.23. The first-order valence-corrected chi connectivity index (χ1v) is 10.6. The summed E-state index contributed by atoms with van der Waals surface area (Å²) in [5, 5.41) is 6.46. The summed E-state index contributed by atoms with van der Waals surface area (Å²) in [6.07, 6.45) is 4.89. The number of hydrogen-bond acceptors (Lipinski definition) is 4. The van der Waals surface area contributed by atoms with Crippen LogP contribution in [0.25, 0.3) is 0 Å². The second kappa shape index (κ2) is 13.2. The maximum Gasteiger partial charge on any atom is 0.224 e. The van der Waals surface area contributed by atoms with Crippen molar-refractivity contribution in [1.82, 2.24) is 10.2 Å². The number of primary amides is 1. The number of rotatable bonds is 7. The largest absolute Gasteiger partial charge is 0.369 e. The molecule has 0 radical (unpaired) electrons. The third-order valence-electron chi connectivity index (χ3n) is 6.20. The van der Waals surface area contributed by atoms with Crippen molar-refractivity contribution in [2.24, 2.45) is 23.5 Å². The molecule has 3 rings (SSSR count). The standard InChI is InChI=1S/C22H34N4O2.2ClH/c1-16(18-4-2-10-24-13-18)12-21(27)25-20-8-6-17(7-9-20)14-26-11-3-5-19(15-26)22(23)28;;/h6-9,16,18-19,24H,2-5,10-15H2,1H3,(H2,23,28)(H,25,27);2*1H. The second-order valence-electron chi connectivity index (χ2n) is 8.51. The smallest absolute Gasteiger partial charge is 0.224 e. The number of carbonyl (C=O) groups excluding carboxylic acids is 2. The molecule has 2 saturated heterocycles. The van der Waals surface area contributed by atoms with Gasteiger partial charge in [0.2, 0.25) is 11.8 Å². The van der Waals surface area contributed by atoms with Crippen LogP contribution in [-0.2, 0) is 16.1 Å². The van der Waals surface area contributed by atoms with Crippen molar-refractivity contribution in [2.45, 2.75) is 45.6 Å². The van der Waals surface area contributed by atoms with Crippen molar-refractivity contribution in [3.8, 4) is 0 Å². The molecule has 3 atom stereocenters. The Morgan fingerprint density at radius 1 is 1.20 bits per heavy atom. The van der Waals surface area contributed by atoms with Gasteiger partial charge >= 0.3 is 0 Å². The first-order chi connectivity index (χ1) is 13.5. The van der Waals surface area contributed by atoms with Crippen LogP contribution < -0.4 is 16.4 Å². The van der Waals surface area contributed by atoms with E-state index in [2.05, 4.69) is 34.6 Å². The van der Waals surface area contributed by atoms with Gasteiger partial charge in [-0.2, -0.15) is 0 Å². The predicted molar refractivity (Wildman–Crippen MR) is 126 cm³/mol. The van der Waals surface area contributed by atoms with Crippen molar-refractivity contribution < 1.29 is 9.59 Å². The third-order valence-corrected chi connectivity index (χ3v) is 6.20. The Kier molecular flexibility index (Phi) is 11.7. The highest BCUT2D eigenvalue weighted by atomic mass is 35.5.